The molecular weight excluding hydrogens is 522 g/mol. The van der Waals surface area contributed by atoms with Crippen molar-refractivity contribution in [1.82, 2.24) is 0 Å². The Labute approximate surface area is 243 Å². The number of methoxy groups -OCH3 is 1. The lowest BCUT2D eigenvalue weighted by Gasteiger charge is -2.21. The first-order valence-electron chi connectivity index (χ1n) is 14.4. The molecular formula is C34H38ClNO4. The molecule has 0 bridgehead atoms. The lowest BCUT2D eigenvalue weighted by molar-refractivity contribution is -0.686. The van der Waals surface area contributed by atoms with Gasteiger partial charge in [0.05, 0.1) is 18.1 Å². The van der Waals surface area contributed by atoms with Crippen molar-refractivity contribution in [3.8, 4) is 34.3 Å². The number of rotatable bonds is 11. The third-order valence-electron chi connectivity index (χ3n) is 8.04. The van der Waals surface area contributed by atoms with Crippen LogP contribution in [-0.2, 0) is 26.0 Å². The maximum atomic E-state index is 6.50. The minimum absolute atomic E-state index is 0. The van der Waals surface area contributed by atoms with Crippen LogP contribution in [0.3, 0.4) is 0 Å². The first-order valence-corrected chi connectivity index (χ1v) is 14.4. The molecule has 5 nitrogen and oxygen atoms in total. The number of unbranched alkanes of at least 4 members (excludes halogenated alkanes) is 5. The SMILES string of the molecule is CCCCCCCCc1c2[n+](cc3c(OCc4ccccc4)c(OC)ccc13)CCc1cc3c(cc1-2)OCO3.[Cl-]. The second-order valence-corrected chi connectivity index (χ2v) is 10.6. The highest BCUT2D eigenvalue weighted by Gasteiger charge is 2.32. The van der Waals surface area contributed by atoms with Gasteiger partial charge in [0, 0.05) is 17.4 Å². The van der Waals surface area contributed by atoms with Crippen LogP contribution in [0.2, 0.25) is 0 Å². The van der Waals surface area contributed by atoms with Gasteiger partial charge < -0.3 is 31.4 Å². The molecule has 1 aromatic heterocycles. The molecule has 0 atom stereocenters. The molecule has 0 saturated heterocycles. The zero-order valence-electron chi connectivity index (χ0n) is 23.5. The molecule has 210 valence electrons. The molecule has 0 radical (unpaired) electrons. The van der Waals surface area contributed by atoms with Crippen molar-refractivity contribution in [3.05, 3.63) is 77.5 Å². The van der Waals surface area contributed by atoms with E-state index in [1.807, 2.05) is 18.2 Å². The van der Waals surface area contributed by atoms with Gasteiger partial charge >= 0.3 is 0 Å². The summed E-state index contributed by atoms with van der Waals surface area (Å²) in [5, 5.41) is 2.35. The van der Waals surface area contributed by atoms with E-state index < -0.39 is 0 Å². The van der Waals surface area contributed by atoms with Gasteiger partial charge in [-0.15, -0.1) is 0 Å². The molecule has 0 N–H and O–H groups in total. The fraction of sp³-hybridized carbons (Fsp3) is 0.382. The molecule has 3 heterocycles. The fourth-order valence-electron chi connectivity index (χ4n) is 6.01. The molecule has 0 fully saturated rings. The Morgan fingerprint density at radius 2 is 1.65 bits per heavy atom. The number of hydrogen-bond donors (Lipinski definition) is 0. The zero-order valence-corrected chi connectivity index (χ0v) is 24.3. The Bertz CT molecular complexity index is 1470. The summed E-state index contributed by atoms with van der Waals surface area (Å²) in [5.74, 6) is 3.29. The highest BCUT2D eigenvalue weighted by Crippen LogP contribution is 2.44. The van der Waals surface area contributed by atoms with Gasteiger partial charge in [-0.3, -0.25) is 0 Å². The van der Waals surface area contributed by atoms with Crippen LogP contribution in [0.15, 0.2) is 60.8 Å². The van der Waals surface area contributed by atoms with Gasteiger partial charge in [0.1, 0.15) is 6.61 Å². The Kier molecular flexibility index (Phi) is 9.01. The summed E-state index contributed by atoms with van der Waals surface area (Å²) in [5.41, 5.74) is 6.41. The smallest absolute Gasteiger partial charge is 0.231 e. The third kappa shape index (κ3) is 5.57. The number of aromatic nitrogens is 1. The van der Waals surface area contributed by atoms with Gasteiger partial charge in [-0.25, -0.2) is 0 Å². The third-order valence-corrected chi connectivity index (χ3v) is 8.04. The van der Waals surface area contributed by atoms with Crippen molar-refractivity contribution in [2.24, 2.45) is 0 Å². The van der Waals surface area contributed by atoms with E-state index in [1.165, 1.54) is 66.3 Å². The van der Waals surface area contributed by atoms with Crippen LogP contribution < -0.4 is 35.9 Å². The fourth-order valence-corrected chi connectivity index (χ4v) is 6.01. The van der Waals surface area contributed by atoms with E-state index in [0.29, 0.717) is 13.4 Å². The van der Waals surface area contributed by atoms with Crippen molar-refractivity contribution in [3.63, 3.8) is 0 Å². The Morgan fingerprint density at radius 3 is 2.45 bits per heavy atom. The maximum absolute atomic E-state index is 6.50. The maximum Gasteiger partial charge on any atom is 0.231 e. The standard InChI is InChI=1S/C34H38NO4.ClH/c1-3-4-5-6-7-11-14-27-26-15-16-30(36-2)34(37-22-24-12-9-8-10-13-24)29(26)21-35-18-17-25-19-31-32(39-23-38-31)20-28(25)33(27)35;/h8-10,12-13,15-16,19-21H,3-7,11,14,17-18,22-23H2,1-2H3;1H/q+1;/p-1. The zero-order chi connectivity index (χ0) is 26.6. The van der Waals surface area contributed by atoms with E-state index in [0.717, 1.165) is 53.3 Å². The van der Waals surface area contributed by atoms with Gasteiger partial charge in [-0.1, -0.05) is 69.4 Å². The van der Waals surface area contributed by atoms with Crippen LogP contribution >= 0.6 is 0 Å². The second-order valence-electron chi connectivity index (χ2n) is 10.6. The molecule has 0 aliphatic carbocycles. The molecule has 4 aromatic rings. The van der Waals surface area contributed by atoms with E-state index >= 15 is 0 Å². The van der Waals surface area contributed by atoms with Gasteiger partial charge in [0.2, 0.25) is 12.5 Å². The minimum Gasteiger partial charge on any atom is -1.00 e. The normalized spacial score (nSPS) is 12.9. The van der Waals surface area contributed by atoms with E-state index in [2.05, 4.69) is 54.1 Å². The molecule has 0 saturated carbocycles. The van der Waals surface area contributed by atoms with Gasteiger partial charge in [-0.2, -0.15) is 4.57 Å². The average Bonchev–Trinajstić information content (AvgIpc) is 3.44. The monoisotopic (exact) mass is 559 g/mol. The Balaban J connectivity index is 0.00000323. The van der Waals surface area contributed by atoms with E-state index in [-0.39, 0.29) is 12.4 Å². The van der Waals surface area contributed by atoms with Gasteiger partial charge in [0.25, 0.3) is 0 Å². The largest absolute Gasteiger partial charge is 1.00 e. The predicted octanol–water partition coefficient (Wildman–Crippen LogP) is 4.57. The van der Waals surface area contributed by atoms with Crippen molar-refractivity contribution < 1.29 is 35.9 Å². The Morgan fingerprint density at radius 1 is 0.875 bits per heavy atom. The molecule has 6 rings (SSSR count). The topological polar surface area (TPSA) is 40.8 Å². The number of fused-ring (bicyclic) bond motifs is 5. The van der Waals surface area contributed by atoms with Gasteiger partial charge in [0.15, 0.2) is 35.7 Å². The van der Waals surface area contributed by atoms with E-state index in [4.69, 9.17) is 18.9 Å². The summed E-state index contributed by atoms with van der Waals surface area (Å²) < 4.78 is 26.2. The predicted molar refractivity (Wildman–Crippen MR) is 154 cm³/mol. The van der Waals surface area contributed by atoms with Crippen LogP contribution in [0.1, 0.15) is 62.1 Å². The summed E-state index contributed by atoms with van der Waals surface area (Å²) in [7, 11) is 1.72. The van der Waals surface area contributed by atoms with Crippen molar-refractivity contribution in [2.45, 2.75) is 71.4 Å². The molecule has 6 heteroatoms. The molecule has 3 aromatic carbocycles. The summed E-state index contributed by atoms with van der Waals surface area (Å²) >= 11 is 0. The highest BCUT2D eigenvalue weighted by molar-refractivity contribution is 5.95. The Hall–Kier alpha value is -3.44. The lowest BCUT2D eigenvalue weighted by Crippen LogP contribution is -3.00. The van der Waals surface area contributed by atoms with Crippen molar-refractivity contribution in [1.29, 1.82) is 0 Å². The van der Waals surface area contributed by atoms with Crippen molar-refractivity contribution in [2.75, 3.05) is 13.9 Å². The summed E-state index contributed by atoms with van der Waals surface area (Å²) in [6.07, 6.45) is 11.9. The molecule has 0 amide bonds. The number of pyridine rings is 1. The van der Waals surface area contributed by atoms with Crippen LogP contribution in [0.4, 0.5) is 0 Å². The van der Waals surface area contributed by atoms with E-state index in [9.17, 15) is 0 Å². The molecule has 2 aliphatic heterocycles. The van der Waals surface area contributed by atoms with Crippen LogP contribution in [0.25, 0.3) is 22.0 Å². The molecule has 0 spiro atoms. The van der Waals surface area contributed by atoms with E-state index in [1.54, 1.807) is 7.11 Å². The quantitative estimate of drug-likeness (QED) is 0.199. The number of hydrogen-bond acceptors (Lipinski definition) is 4. The lowest BCUT2D eigenvalue weighted by atomic mass is 9.89. The summed E-state index contributed by atoms with van der Waals surface area (Å²) in [4.78, 5) is 0. The van der Waals surface area contributed by atoms with Crippen molar-refractivity contribution >= 4 is 10.8 Å². The number of halogens is 1. The summed E-state index contributed by atoms with van der Waals surface area (Å²) in [6.45, 7) is 3.98. The first kappa shape index (κ1) is 28.1. The average molecular weight is 560 g/mol. The summed E-state index contributed by atoms with van der Waals surface area (Å²) in [6, 6.07) is 19.0. The minimum atomic E-state index is 0. The molecule has 40 heavy (non-hydrogen) atoms. The number of nitrogens with zero attached hydrogens (tertiary/aromatic N) is 1. The molecule has 0 unspecified atom stereocenters. The van der Waals surface area contributed by atoms with Crippen LogP contribution in [0.5, 0.6) is 23.0 Å². The van der Waals surface area contributed by atoms with Crippen LogP contribution in [0, 0.1) is 0 Å². The number of ether oxygens (including phenoxy) is 4. The number of benzene rings is 3. The highest BCUT2D eigenvalue weighted by atomic mass is 35.5. The first-order chi connectivity index (χ1) is 19.3. The second kappa shape index (κ2) is 12.8. The number of aryl methyl sites for hydroxylation is 3. The van der Waals surface area contributed by atoms with Crippen LogP contribution in [-0.4, -0.2) is 13.9 Å². The molecule has 2 aliphatic rings. The van der Waals surface area contributed by atoms with Gasteiger partial charge in [-0.05, 0) is 48.2 Å².